The molecular formula is C25H33N5O5PS2+. The molecular weight excluding hydrogens is 545 g/mol. The van der Waals surface area contributed by atoms with Gasteiger partial charge >= 0.3 is 7.15 Å². The maximum absolute atomic E-state index is 10.5. The van der Waals surface area contributed by atoms with Gasteiger partial charge in [-0.3, -0.25) is 0 Å². The first kappa shape index (κ1) is 27.9. The molecule has 8 atom stereocenters. The summed E-state index contributed by atoms with van der Waals surface area (Å²) in [4.78, 5) is 4.03. The Bertz CT molecular complexity index is 1310. The summed E-state index contributed by atoms with van der Waals surface area (Å²) in [5.41, 5.74) is 6.68. The second-order valence-electron chi connectivity index (χ2n) is 11.0. The molecule has 1 saturated carbocycles. The van der Waals surface area contributed by atoms with Crippen molar-refractivity contribution in [1.82, 2.24) is 14.6 Å². The van der Waals surface area contributed by atoms with Crippen molar-refractivity contribution in [2.45, 2.75) is 87.5 Å². The third-order valence-corrected chi connectivity index (χ3v) is 9.58. The van der Waals surface area contributed by atoms with E-state index in [0.29, 0.717) is 22.9 Å². The Hall–Kier alpha value is -1.68. The number of ether oxygens (including phenoxy) is 3. The highest BCUT2D eigenvalue weighted by atomic mass is 32.4. The van der Waals surface area contributed by atoms with Crippen LogP contribution in [0.3, 0.4) is 0 Å². The summed E-state index contributed by atoms with van der Waals surface area (Å²) in [6.45, 7) is 11.9. The summed E-state index contributed by atoms with van der Waals surface area (Å²) in [5, 5.41) is 14.8. The zero-order valence-electron chi connectivity index (χ0n) is 21.9. The zero-order chi connectivity index (χ0) is 27.5. The molecule has 2 aliphatic heterocycles. The van der Waals surface area contributed by atoms with Crippen LogP contribution in [0.4, 0.5) is 5.82 Å². The number of aromatic nitrogens is 3. The van der Waals surface area contributed by atoms with E-state index < -0.39 is 36.9 Å². The first-order chi connectivity index (χ1) is 17.9. The normalized spacial score (nSPS) is 36.6. The van der Waals surface area contributed by atoms with E-state index >= 15 is 0 Å². The van der Waals surface area contributed by atoms with Crippen molar-refractivity contribution in [2.24, 2.45) is 5.92 Å². The van der Waals surface area contributed by atoms with E-state index in [9.17, 15) is 5.26 Å². The van der Waals surface area contributed by atoms with Gasteiger partial charge in [0.05, 0.1) is 5.69 Å². The van der Waals surface area contributed by atoms with Crippen LogP contribution in [0.25, 0.3) is 5.52 Å². The van der Waals surface area contributed by atoms with Crippen molar-refractivity contribution >= 4 is 42.9 Å². The minimum atomic E-state index is -1.67. The predicted octanol–water partition coefficient (Wildman–Crippen LogP) is 4.19. The minimum absolute atomic E-state index is 0.0690. The molecule has 5 rings (SSSR count). The van der Waals surface area contributed by atoms with Crippen molar-refractivity contribution < 1.29 is 23.3 Å². The van der Waals surface area contributed by atoms with Crippen molar-refractivity contribution in [3.05, 3.63) is 36.3 Å². The molecule has 2 aromatic rings. The lowest BCUT2D eigenvalue weighted by atomic mass is 9.77. The van der Waals surface area contributed by atoms with Gasteiger partial charge in [-0.1, -0.05) is 12.2 Å². The molecule has 2 aromatic heterocycles. The second kappa shape index (κ2) is 10.1. The van der Waals surface area contributed by atoms with Gasteiger partial charge in [0.2, 0.25) is 17.4 Å². The van der Waals surface area contributed by atoms with Crippen LogP contribution in [0.5, 0.6) is 0 Å². The van der Waals surface area contributed by atoms with Gasteiger partial charge in [-0.15, -0.1) is 9.05 Å². The predicted molar refractivity (Wildman–Crippen MR) is 148 cm³/mol. The molecule has 3 fully saturated rings. The average molecular weight is 579 g/mol. The van der Waals surface area contributed by atoms with E-state index in [1.807, 2.05) is 6.92 Å². The third-order valence-electron chi connectivity index (χ3n) is 7.71. The Balaban J connectivity index is 1.35. The molecule has 38 heavy (non-hydrogen) atoms. The number of nitrogen functional groups attached to an aromatic ring is 1. The summed E-state index contributed by atoms with van der Waals surface area (Å²) in [6, 6.07) is 5.83. The van der Waals surface area contributed by atoms with Crippen LogP contribution in [0.2, 0.25) is 0 Å². The highest BCUT2D eigenvalue weighted by molar-refractivity contribution is 8.00. The molecule has 4 heterocycles. The molecule has 0 spiro atoms. The Labute approximate surface area is 233 Å². The van der Waals surface area contributed by atoms with E-state index in [1.165, 1.54) is 6.33 Å². The topological polar surface area (TPSA) is 126 Å². The van der Waals surface area contributed by atoms with Crippen molar-refractivity contribution in [3.63, 3.8) is 0 Å². The molecule has 0 amide bonds. The summed E-state index contributed by atoms with van der Waals surface area (Å²) in [5.74, 6) is -0.266. The zero-order valence-corrected chi connectivity index (χ0v) is 24.5. The highest BCUT2D eigenvalue weighted by Crippen LogP contribution is 2.50. The van der Waals surface area contributed by atoms with Crippen molar-refractivity contribution in [3.8, 4) is 6.07 Å². The van der Waals surface area contributed by atoms with Gasteiger partial charge in [-0.25, -0.2) is 9.50 Å². The van der Waals surface area contributed by atoms with E-state index in [-0.39, 0.29) is 17.5 Å². The third kappa shape index (κ3) is 4.88. The van der Waals surface area contributed by atoms with Crippen LogP contribution in [-0.4, -0.2) is 56.2 Å². The van der Waals surface area contributed by atoms with Crippen LogP contribution in [0.15, 0.2) is 30.6 Å². The number of nitrogens with zero attached hydrogens (tertiary/aromatic N) is 4. The fraction of sp³-hybridized carbons (Fsp3) is 0.640. The quantitative estimate of drug-likeness (QED) is 0.281. The number of anilines is 1. The summed E-state index contributed by atoms with van der Waals surface area (Å²) < 4.78 is 32.3. The first-order valence-corrected chi connectivity index (χ1v) is 15.2. The lowest BCUT2D eigenvalue weighted by molar-refractivity contribution is -0.203. The molecule has 2 saturated heterocycles. The van der Waals surface area contributed by atoms with Crippen LogP contribution >= 0.6 is 19.8 Å². The number of rotatable bonds is 7. The number of nitriles is 1. The molecule has 2 N–H and O–H groups in total. The van der Waals surface area contributed by atoms with Gasteiger partial charge < -0.3 is 19.9 Å². The van der Waals surface area contributed by atoms with Crippen molar-refractivity contribution in [2.75, 3.05) is 12.3 Å². The lowest BCUT2D eigenvalue weighted by Gasteiger charge is -2.38. The van der Waals surface area contributed by atoms with Crippen LogP contribution < -0.4 is 5.73 Å². The number of hydrogen-bond donors (Lipinski definition) is 2. The number of nitrogens with two attached hydrogens (primary N) is 1. The molecule has 3 aliphatic rings. The Morgan fingerprint density at radius 1 is 1.37 bits per heavy atom. The molecule has 10 nitrogen and oxygen atoms in total. The number of allylic oxidation sites excluding steroid dienone is 1. The van der Waals surface area contributed by atoms with Crippen molar-refractivity contribution in [1.29, 1.82) is 5.26 Å². The van der Waals surface area contributed by atoms with Crippen LogP contribution in [0, 0.1) is 17.2 Å². The highest BCUT2D eigenvalue weighted by Gasteiger charge is 2.65. The molecule has 0 radical (unpaired) electrons. The molecule has 204 valence electrons. The Morgan fingerprint density at radius 2 is 2.13 bits per heavy atom. The van der Waals surface area contributed by atoms with E-state index in [4.69, 9.17) is 53.4 Å². The van der Waals surface area contributed by atoms with Gasteiger partial charge in [0.1, 0.15) is 48.9 Å². The van der Waals surface area contributed by atoms with Crippen LogP contribution in [-0.2, 0) is 40.7 Å². The van der Waals surface area contributed by atoms with Gasteiger partial charge in [0.25, 0.3) is 0 Å². The number of hydrogen-bond acceptors (Lipinski definition) is 11. The Morgan fingerprint density at radius 3 is 2.84 bits per heavy atom. The lowest BCUT2D eigenvalue weighted by Crippen LogP contribution is -2.41. The maximum atomic E-state index is 10.5. The van der Waals surface area contributed by atoms with Gasteiger partial charge in [-0.2, -0.15) is 23.0 Å². The molecule has 1 aliphatic carbocycles. The molecule has 13 heteroatoms. The number of fused-ring (bicyclic) bond motifs is 2. The monoisotopic (exact) mass is 578 g/mol. The minimum Gasteiger partial charge on any atom is -0.382 e. The maximum Gasteiger partial charge on any atom is 0.522 e. The molecule has 0 aromatic carbocycles. The van der Waals surface area contributed by atoms with E-state index in [0.717, 1.165) is 24.8 Å². The largest absolute Gasteiger partial charge is 0.522 e. The van der Waals surface area contributed by atoms with E-state index in [1.54, 1.807) is 30.5 Å². The summed E-state index contributed by atoms with van der Waals surface area (Å²) >= 11 is 10.5. The average Bonchev–Trinajstić information content (AvgIpc) is 3.50. The second-order valence-corrected chi connectivity index (χ2v) is 13.8. The smallest absolute Gasteiger partial charge is 0.382 e. The van der Waals surface area contributed by atoms with Gasteiger partial charge in [-0.05, 0) is 65.0 Å². The first-order valence-electron chi connectivity index (χ1n) is 12.5. The fourth-order valence-corrected chi connectivity index (χ4v) is 7.32. The standard InChI is InChI=1S/C25H32N5O5PS2/c1-14(2)15-8-9-24(5,37)19(10-15)35-36(38)31-11-17-20-21(34-23(3,4)33-20)25(12-26,32-17)18-7-6-16-22(27)28-13-29-30(16)18/h6-7,13,15,17,19-21H,1,8-11H2,2-5H3,(H2-,27,28,29,37)/p+1/t15-,17+,19?,20+,21+,24+,25-/m0/s1. The SMILES string of the molecule is C=C(C)[C@H]1CC[C@@](C)(S)C(O[P+](=S)OC[C@H]2O[C@@](C#N)(c3ccc4c(N)ncnn34)[C@@H]3OC(C)(C)O[C@@H]32)C1. The van der Waals surface area contributed by atoms with Crippen LogP contribution in [0.1, 0.15) is 52.7 Å². The van der Waals surface area contributed by atoms with E-state index in [2.05, 4.69) is 29.7 Å². The fourth-order valence-electron chi connectivity index (χ4n) is 5.59. The molecule has 2 unspecified atom stereocenters. The summed E-state index contributed by atoms with van der Waals surface area (Å²) in [6.07, 6.45) is 1.94. The van der Waals surface area contributed by atoms with Gasteiger partial charge in [0.15, 0.2) is 11.6 Å². The van der Waals surface area contributed by atoms with Gasteiger partial charge in [0, 0.05) is 4.75 Å². The Kier molecular flexibility index (Phi) is 7.38. The number of thiol groups is 1. The summed E-state index contributed by atoms with van der Waals surface area (Å²) in [7, 11) is -1.67. The molecule has 0 bridgehead atoms.